The maximum Gasteiger partial charge on any atom is 0.224 e. The molecule has 4 heteroatoms. The van der Waals surface area contributed by atoms with E-state index >= 15 is 0 Å². The van der Waals surface area contributed by atoms with Crippen molar-refractivity contribution < 1.29 is 4.79 Å². The monoisotopic (exact) mass is 202 g/mol. The average Bonchev–Trinajstić information content (AvgIpc) is 2.52. The van der Waals surface area contributed by atoms with Gasteiger partial charge in [-0.15, -0.1) is 0 Å². The van der Waals surface area contributed by atoms with Crippen LogP contribution in [0.1, 0.15) is 6.92 Å². The van der Waals surface area contributed by atoms with E-state index in [0.29, 0.717) is 5.92 Å². The van der Waals surface area contributed by atoms with E-state index in [1.807, 2.05) is 6.26 Å². The van der Waals surface area contributed by atoms with Gasteiger partial charge in [0.25, 0.3) is 0 Å². The lowest BCUT2D eigenvalue weighted by Crippen LogP contribution is -2.35. The number of carbonyl (C=O) groups excluding carboxylic acids is 1. The second-order valence-corrected chi connectivity index (χ2v) is 4.51. The quantitative estimate of drug-likeness (QED) is 0.645. The molecule has 1 fully saturated rings. The van der Waals surface area contributed by atoms with Gasteiger partial charge in [0.1, 0.15) is 0 Å². The summed E-state index contributed by atoms with van der Waals surface area (Å²) in [5.74, 6) is 1.88. The molecule has 0 spiro atoms. The van der Waals surface area contributed by atoms with Crippen LogP contribution in [-0.4, -0.2) is 37.6 Å². The molecule has 1 heterocycles. The van der Waals surface area contributed by atoms with Crippen molar-refractivity contribution in [2.75, 3.05) is 31.6 Å². The summed E-state index contributed by atoms with van der Waals surface area (Å²) in [5.41, 5.74) is 0. The summed E-state index contributed by atoms with van der Waals surface area (Å²) < 4.78 is 0. The minimum absolute atomic E-state index is 0.182. The first-order valence-electron chi connectivity index (χ1n) is 4.73. The molecule has 0 radical (unpaired) electrons. The number of thioether (sulfide) groups is 1. The Morgan fingerprint density at radius 1 is 1.62 bits per heavy atom. The SMILES string of the molecule is CSCCNC(=O)[C@@H]1CNC[C@H]1C. The molecule has 0 aromatic heterocycles. The molecule has 1 aliphatic rings. The van der Waals surface area contributed by atoms with Crippen molar-refractivity contribution in [1.29, 1.82) is 0 Å². The molecule has 2 N–H and O–H groups in total. The number of nitrogens with one attached hydrogen (secondary N) is 2. The predicted molar refractivity (Wildman–Crippen MR) is 56.9 cm³/mol. The van der Waals surface area contributed by atoms with E-state index in [0.717, 1.165) is 25.4 Å². The van der Waals surface area contributed by atoms with Crippen molar-refractivity contribution in [3.8, 4) is 0 Å². The van der Waals surface area contributed by atoms with Crippen LogP contribution in [0.2, 0.25) is 0 Å². The summed E-state index contributed by atoms with van der Waals surface area (Å²) in [4.78, 5) is 11.6. The summed E-state index contributed by atoms with van der Waals surface area (Å²) >= 11 is 1.76. The van der Waals surface area contributed by atoms with Crippen LogP contribution in [0.15, 0.2) is 0 Å². The van der Waals surface area contributed by atoms with Crippen LogP contribution in [0.5, 0.6) is 0 Å². The Morgan fingerprint density at radius 2 is 2.38 bits per heavy atom. The molecule has 1 saturated heterocycles. The maximum absolute atomic E-state index is 11.6. The summed E-state index contributed by atoms with van der Waals surface area (Å²) in [6.07, 6.45) is 2.05. The first-order valence-corrected chi connectivity index (χ1v) is 6.12. The first kappa shape index (κ1) is 10.9. The van der Waals surface area contributed by atoms with E-state index in [-0.39, 0.29) is 11.8 Å². The van der Waals surface area contributed by atoms with Crippen molar-refractivity contribution >= 4 is 17.7 Å². The van der Waals surface area contributed by atoms with Crippen LogP contribution in [-0.2, 0) is 4.79 Å². The summed E-state index contributed by atoms with van der Waals surface area (Å²) in [6.45, 7) is 4.73. The van der Waals surface area contributed by atoms with Crippen LogP contribution >= 0.6 is 11.8 Å². The number of carbonyl (C=O) groups is 1. The van der Waals surface area contributed by atoms with E-state index in [4.69, 9.17) is 0 Å². The maximum atomic E-state index is 11.6. The molecule has 3 nitrogen and oxygen atoms in total. The molecule has 0 aromatic carbocycles. The Hall–Kier alpha value is -0.220. The van der Waals surface area contributed by atoms with Gasteiger partial charge >= 0.3 is 0 Å². The summed E-state index contributed by atoms with van der Waals surface area (Å²) in [5, 5.41) is 6.18. The van der Waals surface area contributed by atoms with Gasteiger partial charge in [-0.2, -0.15) is 11.8 Å². The third-order valence-corrected chi connectivity index (χ3v) is 3.07. The summed E-state index contributed by atoms with van der Waals surface area (Å²) in [7, 11) is 0. The molecule has 1 amide bonds. The first-order chi connectivity index (χ1) is 6.25. The Labute approximate surface area is 84.0 Å². The van der Waals surface area contributed by atoms with Gasteiger partial charge in [0.2, 0.25) is 5.91 Å². The zero-order valence-electron chi connectivity index (χ0n) is 8.30. The lowest BCUT2D eigenvalue weighted by Gasteiger charge is -2.13. The van der Waals surface area contributed by atoms with E-state index in [9.17, 15) is 4.79 Å². The fourth-order valence-corrected chi connectivity index (χ4v) is 1.87. The zero-order valence-corrected chi connectivity index (χ0v) is 9.12. The molecular weight excluding hydrogens is 184 g/mol. The Bertz CT molecular complexity index is 175. The lowest BCUT2D eigenvalue weighted by atomic mass is 9.97. The summed E-state index contributed by atoms with van der Waals surface area (Å²) in [6, 6.07) is 0. The van der Waals surface area contributed by atoms with Gasteiger partial charge in [0.05, 0.1) is 5.92 Å². The van der Waals surface area contributed by atoms with Crippen LogP contribution in [0.4, 0.5) is 0 Å². The van der Waals surface area contributed by atoms with Gasteiger partial charge in [0, 0.05) is 18.8 Å². The number of amides is 1. The highest BCUT2D eigenvalue weighted by Crippen LogP contribution is 2.15. The highest BCUT2D eigenvalue weighted by molar-refractivity contribution is 7.98. The zero-order chi connectivity index (χ0) is 9.68. The van der Waals surface area contributed by atoms with Crippen LogP contribution in [0.25, 0.3) is 0 Å². The molecular formula is C9H18N2OS. The van der Waals surface area contributed by atoms with Gasteiger partial charge in [-0.3, -0.25) is 4.79 Å². The Kier molecular flexibility index (Phi) is 4.59. The van der Waals surface area contributed by atoms with Gasteiger partial charge in [-0.05, 0) is 18.7 Å². The highest BCUT2D eigenvalue weighted by atomic mass is 32.2. The van der Waals surface area contributed by atoms with Gasteiger partial charge in [-0.25, -0.2) is 0 Å². The van der Waals surface area contributed by atoms with Crippen LogP contribution in [0.3, 0.4) is 0 Å². The second-order valence-electron chi connectivity index (χ2n) is 3.53. The van der Waals surface area contributed by atoms with E-state index < -0.39 is 0 Å². The molecule has 13 heavy (non-hydrogen) atoms. The molecule has 0 unspecified atom stereocenters. The molecule has 0 aliphatic carbocycles. The van der Waals surface area contributed by atoms with Crippen molar-refractivity contribution in [2.24, 2.45) is 11.8 Å². The van der Waals surface area contributed by atoms with Crippen molar-refractivity contribution in [3.63, 3.8) is 0 Å². The smallest absolute Gasteiger partial charge is 0.224 e. The van der Waals surface area contributed by atoms with Crippen molar-refractivity contribution in [1.82, 2.24) is 10.6 Å². The largest absolute Gasteiger partial charge is 0.355 e. The van der Waals surface area contributed by atoms with Crippen LogP contribution in [0, 0.1) is 11.8 Å². The van der Waals surface area contributed by atoms with Crippen molar-refractivity contribution in [2.45, 2.75) is 6.92 Å². The average molecular weight is 202 g/mol. The van der Waals surface area contributed by atoms with E-state index in [1.165, 1.54) is 0 Å². The van der Waals surface area contributed by atoms with Gasteiger partial charge < -0.3 is 10.6 Å². The fourth-order valence-electron chi connectivity index (χ4n) is 1.57. The molecule has 76 valence electrons. The van der Waals surface area contributed by atoms with Crippen LogP contribution < -0.4 is 10.6 Å². The topological polar surface area (TPSA) is 41.1 Å². The van der Waals surface area contributed by atoms with Gasteiger partial charge in [-0.1, -0.05) is 6.92 Å². The minimum Gasteiger partial charge on any atom is -0.355 e. The second kappa shape index (κ2) is 5.50. The highest BCUT2D eigenvalue weighted by Gasteiger charge is 2.28. The number of hydrogen-bond donors (Lipinski definition) is 2. The third kappa shape index (κ3) is 3.19. The number of rotatable bonds is 4. The molecule has 1 aliphatic heterocycles. The molecule has 2 atom stereocenters. The molecule has 0 saturated carbocycles. The van der Waals surface area contributed by atoms with E-state index in [1.54, 1.807) is 11.8 Å². The normalized spacial score (nSPS) is 27.5. The third-order valence-electron chi connectivity index (χ3n) is 2.46. The van der Waals surface area contributed by atoms with E-state index in [2.05, 4.69) is 17.6 Å². The van der Waals surface area contributed by atoms with Gasteiger partial charge in [0.15, 0.2) is 0 Å². The minimum atomic E-state index is 0.182. The predicted octanol–water partition coefficient (Wildman–Crippen LogP) is 0.321. The molecule has 0 bridgehead atoms. The fraction of sp³-hybridized carbons (Fsp3) is 0.889. The molecule has 0 aromatic rings. The Morgan fingerprint density at radius 3 is 2.92 bits per heavy atom. The van der Waals surface area contributed by atoms with Crippen molar-refractivity contribution in [3.05, 3.63) is 0 Å². The molecule has 1 rings (SSSR count). The Balaban J connectivity index is 2.22. The number of hydrogen-bond acceptors (Lipinski definition) is 3. The standard InChI is InChI=1S/C9H18N2OS/c1-7-5-10-6-8(7)9(12)11-3-4-13-2/h7-8,10H,3-6H2,1-2H3,(H,11,12)/t7-,8-/m1/s1. The lowest BCUT2D eigenvalue weighted by molar-refractivity contribution is -0.125.